The van der Waals surface area contributed by atoms with E-state index in [0.717, 1.165) is 74.2 Å². The van der Waals surface area contributed by atoms with Gasteiger partial charge in [-0.25, -0.2) is 4.98 Å². The molecule has 9 heteroatoms. The first-order valence-corrected chi connectivity index (χ1v) is 16.8. The Labute approximate surface area is 263 Å². The monoisotopic (exact) mass is 608 g/mol. The van der Waals surface area contributed by atoms with Crippen molar-refractivity contribution in [3.8, 4) is 17.3 Å². The van der Waals surface area contributed by atoms with E-state index < -0.39 is 0 Å². The molecule has 45 heavy (non-hydrogen) atoms. The van der Waals surface area contributed by atoms with E-state index in [1.807, 2.05) is 24.1 Å². The van der Waals surface area contributed by atoms with E-state index >= 15 is 0 Å². The Bertz CT molecular complexity index is 1820. The number of aryl methyl sites for hydroxylation is 1. The number of fused-ring (bicyclic) bond motifs is 4. The van der Waals surface area contributed by atoms with Gasteiger partial charge in [0, 0.05) is 49.6 Å². The van der Waals surface area contributed by atoms with Crippen LogP contribution in [0, 0.1) is 17.8 Å². The van der Waals surface area contributed by atoms with Gasteiger partial charge < -0.3 is 30.2 Å². The van der Waals surface area contributed by atoms with Gasteiger partial charge in [-0.15, -0.1) is 0 Å². The van der Waals surface area contributed by atoms with Crippen molar-refractivity contribution in [2.75, 3.05) is 13.7 Å². The van der Waals surface area contributed by atoms with E-state index in [2.05, 4.69) is 33.4 Å². The van der Waals surface area contributed by atoms with Crippen molar-refractivity contribution in [1.29, 1.82) is 0 Å². The molecular formula is C36H44N6O3. The number of nitrogens with zero attached hydrogens (tertiary/aromatic N) is 4. The highest BCUT2D eigenvalue weighted by Gasteiger charge is 2.47. The minimum atomic E-state index is -0.198. The summed E-state index contributed by atoms with van der Waals surface area (Å²) in [5, 5.41) is 1.22. The third-order valence-corrected chi connectivity index (χ3v) is 11.3. The lowest BCUT2D eigenvalue weighted by atomic mass is 9.76. The van der Waals surface area contributed by atoms with Crippen molar-refractivity contribution in [3.63, 3.8) is 0 Å². The van der Waals surface area contributed by atoms with Crippen molar-refractivity contribution in [1.82, 2.24) is 19.0 Å². The van der Waals surface area contributed by atoms with Crippen LogP contribution in [0.15, 0.2) is 36.4 Å². The third-order valence-electron chi connectivity index (χ3n) is 11.3. The lowest BCUT2D eigenvalue weighted by Crippen LogP contribution is -2.41. The zero-order valence-corrected chi connectivity index (χ0v) is 26.4. The van der Waals surface area contributed by atoms with Gasteiger partial charge in [0.05, 0.1) is 23.8 Å². The summed E-state index contributed by atoms with van der Waals surface area (Å²) in [6.45, 7) is 1.68. The van der Waals surface area contributed by atoms with Crippen LogP contribution in [0.3, 0.4) is 0 Å². The van der Waals surface area contributed by atoms with Gasteiger partial charge in [-0.1, -0.05) is 24.6 Å². The third kappa shape index (κ3) is 4.82. The van der Waals surface area contributed by atoms with Gasteiger partial charge in [0.15, 0.2) is 5.82 Å². The molecule has 4 N–H and O–H groups in total. The molecule has 2 bridgehead atoms. The van der Waals surface area contributed by atoms with Crippen LogP contribution in [0.5, 0.6) is 5.75 Å². The summed E-state index contributed by atoms with van der Waals surface area (Å²) < 4.78 is 10.5. The maximum atomic E-state index is 13.8. The normalized spacial score (nSPS) is 26.3. The molecular weight excluding hydrogens is 564 g/mol. The molecule has 3 heterocycles. The number of methoxy groups -OCH3 is 1. The molecule has 236 valence electrons. The van der Waals surface area contributed by atoms with Gasteiger partial charge in [0.2, 0.25) is 5.91 Å². The Balaban J connectivity index is 1.22. The quantitative estimate of drug-likeness (QED) is 0.280. The molecule has 4 aliphatic rings. The molecule has 2 aromatic heterocycles. The highest BCUT2D eigenvalue weighted by Crippen LogP contribution is 2.44. The fraction of sp³-hybridized carbons (Fsp3) is 0.528. The number of imidazole rings is 1. The molecule has 5 atom stereocenters. The van der Waals surface area contributed by atoms with Gasteiger partial charge in [-0.3, -0.25) is 9.59 Å². The van der Waals surface area contributed by atoms with Crippen LogP contribution in [0.1, 0.15) is 79.6 Å². The lowest BCUT2D eigenvalue weighted by Gasteiger charge is -2.29. The largest absolute Gasteiger partial charge is 0.494 e. The Morgan fingerprint density at radius 2 is 1.87 bits per heavy atom. The topological polar surface area (TPSA) is 121 Å². The van der Waals surface area contributed by atoms with Gasteiger partial charge in [-0.2, -0.15) is 0 Å². The molecule has 8 rings (SSSR count). The first-order valence-electron chi connectivity index (χ1n) is 16.8. The molecule has 3 aliphatic carbocycles. The van der Waals surface area contributed by atoms with E-state index in [1.165, 1.54) is 29.3 Å². The maximum absolute atomic E-state index is 13.8. The van der Waals surface area contributed by atoms with Gasteiger partial charge in [0.25, 0.3) is 5.91 Å². The highest BCUT2D eigenvalue weighted by molar-refractivity contribution is 6.00. The number of ether oxygens (including phenoxy) is 1. The number of hydrogen-bond donors (Lipinski definition) is 2. The van der Waals surface area contributed by atoms with Crippen molar-refractivity contribution < 1.29 is 14.3 Å². The summed E-state index contributed by atoms with van der Waals surface area (Å²) in [4.78, 5) is 32.7. The number of para-hydroxylation sites is 1. The standard InChI is InChI=1S/C36H44N6O3/c1-40-34-27(15-25(17-30(34)45-2)36(44)42-19-24-11-12-28(42)32(24)38)39-35(40)29-16-23-7-4-8-26(33(23)41(29)18-20-9-10-20)22-6-3-5-21(13-22)14-31(37)43/h4,7-8,15-17,20-22,24,28,32H,3,5-6,9-14,18-19,38H2,1-2H3,(H2,37,43)/t21?,22?,24-,28-,32-/m1/s1. The number of hydrogen-bond acceptors (Lipinski definition) is 5. The number of likely N-dealkylation sites (tertiary alicyclic amines) is 1. The Kier molecular flexibility index (Phi) is 6.93. The Morgan fingerprint density at radius 3 is 2.58 bits per heavy atom. The number of amides is 2. The second-order valence-electron chi connectivity index (χ2n) is 14.2. The summed E-state index contributed by atoms with van der Waals surface area (Å²) in [7, 11) is 3.71. The second kappa shape index (κ2) is 10.9. The van der Waals surface area contributed by atoms with Crippen molar-refractivity contribution in [2.45, 2.75) is 82.3 Å². The maximum Gasteiger partial charge on any atom is 0.254 e. The summed E-state index contributed by atoms with van der Waals surface area (Å²) in [6.07, 6.45) is 9.35. The summed E-state index contributed by atoms with van der Waals surface area (Å²) in [6, 6.07) is 13.0. The smallest absolute Gasteiger partial charge is 0.254 e. The molecule has 2 unspecified atom stereocenters. The van der Waals surface area contributed by atoms with Crippen LogP contribution in [-0.4, -0.2) is 56.6 Å². The second-order valence-corrected chi connectivity index (χ2v) is 14.2. The summed E-state index contributed by atoms with van der Waals surface area (Å²) >= 11 is 0. The molecule has 9 nitrogen and oxygen atoms in total. The van der Waals surface area contributed by atoms with Crippen LogP contribution in [0.25, 0.3) is 33.5 Å². The van der Waals surface area contributed by atoms with Crippen LogP contribution in [0.2, 0.25) is 0 Å². The molecule has 1 saturated heterocycles. The molecule has 3 saturated carbocycles. The lowest BCUT2D eigenvalue weighted by molar-refractivity contribution is -0.119. The zero-order valence-electron chi connectivity index (χ0n) is 26.4. The van der Waals surface area contributed by atoms with Gasteiger partial charge in [-0.05, 0) is 92.4 Å². The van der Waals surface area contributed by atoms with E-state index in [1.54, 1.807) is 7.11 Å². The number of nitrogens with two attached hydrogens (primary N) is 2. The minimum Gasteiger partial charge on any atom is -0.494 e. The van der Waals surface area contributed by atoms with Crippen LogP contribution in [-0.2, 0) is 18.4 Å². The highest BCUT2D eigenvalue weighted by atomic mass is 16.5. The number of primary amides is 1. The fourth-order valence-corrected chi connectivity index (χ4v) is 8.93. The first kappa shape index (κ1) is 28.6. The number of rotatable bonds is 8. The predicted molar refractivity (Wildman–Crippen MR) is 175 cm³/mol. The molecule has 0 radical (unpaired) electrons. The van der Waals surface area contributed by atoms with Crippen LogP contribution < -0.4 is 16.2 Å². The van der Waals surface area contributed by atoms with E-state index in [-0.39, 0.29) is 23.9 Å². The number of carbonyl (C=O) groups excluding carboxylic acids is 2. The van der Waals surface area contributed by atoms with E-state index in [9.17, 15) is 9.59 Å². The molecule has 0 spiro atoms. The van der Waals surface area contributed by atoms with Crippen molar-refractivity contribution in [2.24, 2.45) is 36.3 Å². The van der Waals surface area contributed by atoms with Gasteiger partial charge in [0.1, 0.15) is 11.3 Å². The number of benzene rings is 2. The zero-order chi connectivity index (χ0) is 31.0. The summed E-state index contributed by atoms with van der Waals surface area (Å²) in [5.41, 5.74) is 18.0. The fourth-order valence-electron chi connectivity index (χ4n) is 8.93. The van der Waals surface area contributed by atoms with E-state index in [4.69, 9.17) is 21.2 Å². The molecule has 4 aromatic rings. The SMILES string of the molecule is COc1cc(C(=O)N2C[C@H]3CC[C@@H]2[C@@H]3N)cc2nc(-c3cc4cccc(C5CCCC(CC(N)=O)C5)c4n3CC3CC3)n(C)c12. The van der Waals surface area contributed by atoms with E-state index in [0.29, 0.717) is 41.4 Å². The Morgan fingerprint density at radius 1 is 1.02 bits per heavy atom. The number of carbonyl (C=O) groups is 2. The molecule has 2 aromatic carbocycles. The predicted octanol–water partition coefficient (Wildman–Crippen LogP) is 5.32. The van der Waals surface area contributed by atoms with Crippen molar-refractivity contribution in [3.05, 3.63) is 47.5 Å². The van der Waals surface area contributed by atoms with Crippen LogP contribution in [0.4, 0.5) is 0 Å². The molecule has 1 aliphatic heterocycles. The average Bonchev–Trinajstić information content (AvgIpc) is 3.42. The first-order chi connectivity index (χ1) is 21.8. The van der Waals surface area contributed by atoms with Crippen molar-refractivity contribution >= 4 is 33.8 Å². The van der Waals surface area contributed by atoms with Crippen LogP contribution >= 0.6 is 0 Å². The van der Waals surface area contributed by atoms with Gasteiger partial charge >= 0.3 is 0 Å². The average molecular weight is 609 g/mol. The number of aromatic nitrogens is 3. The summed E-state index contributed by atoms with van der Waals surface area (Å²) in [5.74, 6) is 3.14. The molecule has 4 fully saturated rings. The minimum absolute atomic E-state index is 0.0136. The molecule has 2 amide bonds. The Hall–Kier alpha value is -3.85. The number of piperidine rings is 1.